The molecular formula is C21H20N2O5. The minimum atomic E-state index is -0.900. The van der Waals surface area contributed by atoms with E-state index in [0.29, 0.717) is 5.69 Å². The quantitative estimate of drug-likeness (QED) is 0.566. The Kier molecular flexibility index (Phi) is 6.06. The standard InChI is InChI=1S/C21H20N2O5/c1-14(15-8-4-2-5-9-15)22-18(25)13-28-21(26)19-17(24)12-27-20(19)23-16-10-6-3-7-11-16/h2-11,14,23H,12-13H2,1H3,(H,22,25)/t14-/m1/s1. The molecule has 28 heavy (non-hydrogen) atoms. The maximum absolute atomic E-state index is 12.3. The number of benzene rings is 2. The van der Waals surface area contributed by atoms with Crippen molar-refractivity contribution in [2.45, 2.75) is 13.0 Å². The molecule has 7 heteroatoms. The minimum Gasteiger partial charge on any atom is -0.470 e. The van der Waals surface area contributed by atoms with E-state index in [-0.39, 0.29) is 24.1 Å². The van der Waals surface area contributed by atoms with Crippen LogP contribution in [0.2, 0.25) is 0 Å². The van der Waals surface area contributed by atoms with Crippen LogP contribution >= 0.6 is 0 Å². The Morgan fingerprint density at radius 3 is 2.39 bits per heavy atom. The van der Waals surface area contributed by atoms with Crippen LogP contribution in [-0.2, 0) is 23.9 Å². The number of carbonyl (C=O) groups is 3. The van der Waals surface area contributed by atoms with E-state index in [4.69, 9.17) is 9.47 Å². The number of ether oxygens (including phenoxy) is 2. The third kappa shape index (κ3) is 4.76. The van der Waals surface area contributed by atoms with E-state index in [1.165, 1.54) is 0 Å². The molecule has 0 bridgehead atoms. The molecule has 0 aromatic heterocycles. The van der Waals surface area contributed by atoms with E-state index in [1.807, 2.05) is 43.3 Å². The number of Topliss-reactive ketones (excluding diaryl/α,β-unsaturated/α-hetero) is 1. The summed E-state index contributed by atoms with van der Waals surface area (Å²) in [7, 11) is 0. The van der Waals surface area contributed by atoms with Crippen LogP contribution < -0.4 is 10.6 Å². The number of hydrogen-bond donors (Lipinski definition) is 2. The molecule has 0 spiro atoms. The molecule has 3 rings (SSSR count). The van der Waals surface area contributed by atoms with E-state index < -0.39 is 24.3 Å². The van der Waals surface area contributed by atoms with Crippen molar-refractivity contribution in [3.8, 4) is 0 Å². The van der Waals surface area contributed by atoms with E-state index in [1.54, 1.807) is 24.3 Å². The second kappa shape index (κ2) is 8.85. The highest BCUT2D eigenvalue weighted by Gasteiger charge is 2.32. The number of carbonyl (C=O) groups excluding carboxylic acids is 3. The van der Waals surface area contributed by atoms with Crippen LogP contribution in [0.4, 0.5) is 5.69 Å². The first-order valence-electron chi connectivity index (χ1n) is 8.78. The molecule has 2 aromatic rings. The predicted octanol–water partition coefficient (Wildman–Crippen LogP) is 2.33. The smallest absolute Gasteiger partial charge is 0.347 e. The van der Waals surface area contributed by atoms with Crippen molar-refractivity contribution >= 4 is 23.3 Å². The van der Waals surface area contributed by atoms with Crippen LogP contribution in [0.3, 0.4) is 0 Å². The maximum Gasteiger partial charge on any atom is 0.347 e. The second-order valence-electron chi connectivity index (χ2n) is 6.18. The minimum absolute atomic E-state index is 0.0271. The number of esters is 1. The average molecular weight is 380 g/mol. The number of amides is 1. The number of nitrogens with one attached hydrogen (secondary N) is 2. The predicted molar refractivity (Wildman–Crippen MR) is 102 cm³/mol. The summed E-state index contributed by atoms with van der Waals surface area (Å²) >= 11 is 0. The van der Waals surface area contributed by atoms with Crippen molar-refractivity contribution in [1.82, 2.24) is 5.32 Å². The molecule has 1 amide bonds. The van der Waals surface area contributed by atoms with Gasteiger partial charge in [-0.3, -0.25) is 9.59 Å². The molecule has 1 aliphatic rings. The van der Waals surface area contributed by atoms with Crippen molar-refractivity contribution in [2.75, 3.05) is 18.5 Å². The Hall–Kier alpha value is -3.61. The summed E-state index contributed by atoms with van der Waals surface area (Å²) in [6, 6.07) is 18.1. The van der Waals surface area contributed by atoms with E-state index in [9.17, 15) is 14.4 Å². The van der Waals surface area contributed by atoms with E-state index >= 15 is 0 Å². The molecule has 2 aromatic carbocycles. The molecule has 0 fully saturated rings. The normalized spacial score (nSPS) is 14.2. The summed E-state index contributed by atoms with van der Waals surface area (Å²) in [5.41, 5.74) is 1.36. The van der Waals surface area contributed by atoms with Crippen LogP contribution in [-0.4, -0.2) is 30.9 Å². The molecular weight excluding hydrogens is 360 g/mol. The summed E-state index contributed by atoms with van der Waals surface area (Å²) in [5.74, 6) is -1.83. The molecule has 0 saturated heterocycles. The van der Waals surface area contributed by atoms with Crippen LogP contribution in [0.1, 0.15) is 18.5 Å². The van der Waals surface area contributed by atoms with Gasteiger partial charge in [0.2, 0.25) is 11.7 Å². The lowest BCUT2D eigenvalue weighted by Gasteiger charge is -2.14. The molecule has 1 heterocycles. The summed E-state index contributed by atoms with van der Waals surface area (Å²) in [4.78, 5) is 36.4. The Morgan fingerprint density at radius 2 is 1.71 bits per heavy atom. The highest BCUT2D eigenvalue weighted by Crippen LogP contribution is 2.20. The van der Waals surface area contributed by atoms with Gasteiger partial charge in [-0.25, -0.2) is 4.79 Å². The van der Waals surface area contributed by atoms with Crippen LogP contribution in [0.5, 0.6) is 0 Å². The monoisotopic (exact) mass is 380 g/mol. The topological polar surface area (TPSA) is 93.7 Å². The summed E-state index contributed by atoms with van der Waals surface area (Å²) in [6.45, 7) is 1.08. The Balaban J connectivity index is 1.58. The molecule has 0 aliphatic carbocycles. The first kappa shape index (κ1) is 19.2. The van der Waals surface area contributed by atoms with E-state index in [2.05, 4.69) is 10.6 Å². The Morgan fingerprint density at radius 1 is 1.07 bits per heavy atom. The van der Waals surface area contributed by atoms with E-state index in [0.717, 1.165) is 5.56 Å². The maximum atomic E-state index is 12.3. The van der Waals surface area contributed by atoms with Gasteiger partial charge < -0.3 is 20.1 Å². The van der Waals surface area contributed by atoms with Crippen LogP contribution in [0, 0.1) is 0 Å². The van der Waals surface area contributed by atoms with Crippen LogP contribution in [0.15, 0.2) is 72.1 Å². The van der Waals surface area contributed by atoms with Gasteiger partial charge in [0.15, 0.2) is 18.8 Å². The van der Waals surface area contributed by atoms with Gasteiger partial charge in [0.05, 0.1) is 6.04 Å². The number of rotatable bonds is 7. The van der Waals surface area contributed by atoms with Crippen molar-refractivity contribution < 1.29 is 23.9 Å². The summed E-state index contributed by atoms with van der Waals surface area (Å²) in [5, 5.41) is 5.62. The molecule has 0 unspecified atom stereocenters. The fraction of sp³-hybridized carbons (Fsp3) is 0.190. The summed E-state index contributed by atoms with van der Waals surface area (Å²) in [6.07, 6.45) is 0. The van der Waals surface area contributed by atoms with Gasteiger partial charge in [-0.05, 0) is 24.6 Å². The SMILES string of the molecule is C[C@@H](NC(=O)COC(=O)C1=C(Nc2ccccc2)OCC1=O)c1ccccc1. The van der Waals surface area contributed by atoms with Gasteiger partial charge >= 0.3 is 5.97 Å². The Bertz CT molecular complexity index is 894. The number of hydrogen-bond acceptors (Lipinski definition) is 6. The molecule has 0 saturated carbocycles. The van der Waals surface area contributed by atoms with Crippen molar-refractivity contribution in [3.05, 3.63) is 77.7 Å². The highest BCUT2D eigenvalue weighted by atomic mass is 16.5. The van der Waals surface area contributed by atoms with Gasteiger partial charge in [-0.2, -0.15) is 0 Å². The first-order valence-corrected chi connectivity index (χ1v) is 8.78. The highest BCUT2D eigenvalue weighted by molar-refractivity contribution is 6.20. The zero-order chi connectivity index (χ0) is 19.9. The third-order valence-corrected chi connectivity index (χ3v) is 4.10. The largest absolute Gasteiger partial charge is 0.470 e. The Labute approximate surface area is 162 Å². The molecule has 7 nitrogen and oxygen atoms in total. The molecule has 144 valence electrons. The first-order chi connectivity index (χ1) is 13.5. The average Bonchev–Trinajstić information content (AvgIpc) is 3.07. The van der Waals surface area contributed by atoms with Gasteiger partial charge in [0.1, 0.15) is 0 Å². The third-order valence-electron chi connectivity index (χ3n) is 4.10. The van der Waals surface area contributed by atoms with Crippen molar-refractivity contribution in [3.63, 3.8) is 0 Å². The van der Waals surface area contributed by atoms with Crippen molar-refractivity contribution in [2.24, 2.45) is 0 Å². The molecule has 2 N–H and O–H groups in total. The fourth-order valence-corrected chi connectivity index (χ4v) is 2.68. The molecule has 0 radical (unpaired) electrons. The lowest BCUT2D eigenvalue weighted by molar-refractivity contribution is -0.145. The number of anilines is 1. The van der Waals surface area contributed by atoms with Gasteiger partial charge in [0, 0.05) is 5.69 Å². The molecule has 1 aliphatic heterocycles. The summed E-state index contributed by atoms with van der Waals surface area (Å²) < 4.78 is 10.3. The van der Waals surface area contributed by atoms with Gasteiger partial charge in [0.25, 0.3) is 5.91 Å². The second-order valence-corrected chi connectivity index (χ2v) is 6.18. The van der Waals surface area contributed by atoms with Crippen LogP contribution in [0.25, 0.3) is 0 Å². The fourth-order valence-electron chi connectivity index (χ4n) is 2.68. The number of para-hydroxylation sites is 1. The van der Waals surface area contributed by atoms with Gasteiger partial charge in [-0.15, -0.1) is 0 Å². The van der Waals surface area contributed by atoms with Gasteiger partial charge in [-0.1, -0.05) is 48.5 Å². The molecule has 1 atom stereocenters. The lowest BCUT2D eigenvalue weighted by Crippen LogP contribution is -2.31. The lowest BCUT2D eigenvalue weighted by atomic mass is 10.1. The number of ketones is 1. The zero-order valence-electron chi connectivity index (χ0n) is 15.3. The van der Waals surface area contributed by atoms with Crippen molar-refractivity contribution in [1.29, 1.82) is 0 Å². The zero-order valence-corrected chi connectivity index (χ0v) is 15.3.